The molecule has 14 heteroatoms. The third kappa shape index (κ3) is 4.63. The van der Waals surface area contributed by atoms with Crippen molar-refractivity contribution in [1.29, 1.82) is 0 Å². The number of aliphatic hydroxyl groups is 3. The average molecular weight is 627 g/mol. The van der Waals surface area contributed by atoms with Crippen LogP contribution in [-0.4, -0.2) is 95.1 Å². The fourth-order valence-corrected chi connectivity index (χ4v) is 7.09. The van der Waals surface area contributed by atoms with Crippen molar-refractivity contribution in [3.8, 4) is 5.75 Å². The van der Waals surface area contributed by atoms with E-state index in [4.69, 9.17) is 5.73 Å². The highest BCUT2D eigenvalue weighted by Gasteiger charge is 2.67. The minimum Gasteiger partial charge on any atom is -0.508 e. The van der Waals surface area contributed by atoms with Crippen molar-refractivity contribution in [1.82, 2.24) is 10.2 Å². The van der Waals surface area contributed by atoms with Gasteiger partial charge in [0.1, 0.15) is 34.5 Å². The number of phenolic OH excluding ortho intramolecular Hbond substituents is 1. The third-order valence-corrected chi connectivity index (χ3v) is 9.00. The molecule has 0 aliphatic heterocycles. The van der Waals surface area contributed by atoms with Crippen molar-refractivity contribution in [2.75, 3.05) is 39.6 Å². The van der Waals surface area contributed by atoms with Crippen LogP contribution in [0.15, 0.2) is 47.2 Å². The maximum absolute atomic E-state index is 14.5. The van der Waals surface area contributed by atoms with Crippen LogP contribution in [0, 0.1) is 23.0 Å². The molecule has 12 nitrogen and oxygen atoms in total. The molecule has 0 radical (unpaired) electrons. The molecule has 238 valence electrons. The van der Waals surface area contributed by atoms with Gasteiger partial charge in [-0.15, -0.1) is 0 Å². The molecule has 0 unspecified atom stereocenters. The maximum atomic E-state index is 14.5. The summed E-state index contributed by atoms with van der Waals surface area (Å²) in [5.74, 6) is -10.4. The summed E-state index contributed by atoms with van der Waals surface area (Å²) in [4.78, 5) is 56.5. The standard InChI is InChI=1S/C31H32F2N4O8/c1-36(2)18-5-6-19(38)20-16(18)10-30(12-35-29(44)13-7-14(32)9-15(33)8-13)11-17-23(37(3)4)25(40)21(28(34)43)26(41)31(17,45)27(42)22(30)24(20)39/h5-9,17,23,38-39,41,45H,10-12H2,1-4H3,(H2,34,43)(H,35,44)/t17-,23-,30-,31+/m0/s1. The molecule has 0 spiro atoms. The van der Waals surface area contributed by atoms with Crippen LogP contribution in [0.3, 0.4) is 0 Å². The van der Waals surface area contributed by atoms with E-state index in [9.17, 15) is 48.4 Å². The zero-order valence-corrected chi connectivity index (χ0v) is 24.8. The Bertz CT molecular complexity index is 1730. The van der Waals surface area contributed by atoms with E-state index >= 15 is 0 Å². The van der Waals surface area contributed by atoms with E-state index in [2.05, 4.69) is 5.32 Å². The van der Waals surface area contributed by atoms with E-state index in [-0.39, 0.29) is 24.0 Å². The number of phenols is 1. The number of fused-ring (bicyclic) bond motifs is 3. The Morgan fingerprint density at radius 3 is 2.22 bits per heavy atom. The lowest BCUT2D eigenvalue weighted by Crippen LogP contribution is -2.68. The first-order valence-corrected chi connectivity index (χ1v) is 13.9. The van der Waals surface area contributed by atoms with Crippen LogP contribution in [0.4, 0.5) is 14.5 Å². The molecule has 0 bridgehead atoms. The van der Waals surface area contributed by atoms with Gasteiger partial charge >= 0.3 is 0 Å². The summed E-state index contributed by atoms with van der Waals surface area (Å²) in [6, 6.07) is 3.71. The molecule has 0 heterocycles. The molecule has 1 saturated carbocycles. The fourth-order valence-electron chi connectivity index (χ4n) is 7.09. The SMILES string of the molecule is CN(C)c1ccc(O)c2c1C[C@@]1(CNC(=O)c3cc(F)cc(F)c3)C[C@H]3[C@H](N(C)C)C(=O)C(C(N)=O)=C(O)[C@@]3(O)C(=O)C1=C2O. The van der Waals surface area contributed by atoms with Crippen molar-refractivity contribution in [3.63, 3.8) is 0 Å². The predicted molar refractivity (Wildman–Crippen MR) is 156 cm³/mol. The van der Waals surface area contributed by atoms with Crippen LogP contribution >= 0.6 is 0 Å². The van der Waals surface area contributed by atoms with Gasteiger partial charge in [-0.25, -0.2) is 8.78 Å². The summed E-state index contributed by atoms with van der Waals surface area (Å²) >= 11 is 0. The molecule has 3 aliphatic rings. The zero-order valence-electron chi connectivity index (χ0n) is 24.8. The van der Waals surface area contributed by atoms with Crippen molar-refractivity contribution in [3.05, 3.63) is 75.6 Å². The molecule has 2 aromatic carbocycles. The number of likely N-dealkylation sites (N-methyl/N-ethyl adjacent to an activating group) is 1. The smallest absolute Gasteiger partial charge is 0.255 e. The lowest BCUT2D eigenvalue weighted by molar-refractivity contribution is -0.157. The van der Waals surface area contributed by atoms with E-state index in [1.165, 1.54) is 25.1 Å². The van der Waals surface area contributed by atoms with Crippen LogP contribution in [-0.2, 0) is 20.8 Å². The number of ketones is 2. The molecular weight excluding hydrogens is 594 g/mol. The fraction of sp³-hybridized carbons (Fsp3) is 0.355. The van der Waals surface area contributed by atoms with Gasteiger partial charge in [0.2, 0.25) is 5.78 Å². The van der Waals surface area contributed by atoms with Crippen LogP contribution in [0.2, 0.25) is 0 Å². The number of hydrogen-bond donors (Lipinski definition) is 6. The number of halogens is 2. The van der Waals surface area contributed by atoms with Crippen molar-refractivity contribution < 1.29 is 48.4 Å². The van der Waals surface area contributed by atoms with Crippen LogP contribution in [0.25, 0.3) is 5.76 Å². The number of hydrogen-bond acceptors (Lipinski definition) is 10. The Morgan fingerprint density at radius 2 is 1.67 bits per heavy atom. The lowest BCUT2D eigenvalue weighted by atomic mass is 9.51. The molecule has 4 atom stereocenters. The zero-order chi connectivity index (χ0) is 33.3. The number of nitrogens with zero attached hydrogens (tertiary/aromatic N) is 2. The summed E-state index contributed by atoms with van der Waals surface area (Å²) in [6.07, 6.45) is -0.472. The number of rotatable bonds is 6. The number of carbonyl (C=O) groups excluding carboxylic acids is 4. The molecule has 45 heavy (non-hydrogen) atoms. The number of benzene rings is 2. The van der Waals surface area contributed by atoms with Crippen molar-refractivity contribution >= 4 is 34.8 Å². The lowest BCUT2D eigenvalue weighted by Gasteiger charge is -2.55. The van der Waals surface area contributed by atoms with Crippen molar-refractivity contribution in [2.45, 2.75) is 24.5 Å². The number of nitrogens with two attached hydrogens (primary N) is 1. The number of amides is 2. The van der Waals surface area contributed by atoms with Gasteiger partial charge in [-0.2, -0.15) is 0 Å². The molecule has 7 N–H and O–H groups in total. The molecule has 5 rings (SSSR count). The van der Waals surface area contributed by atoms with Gasteiger partial charge in [-0.3, -0.25) is 24.1 Å². The van der Waals surface area contributed by atoms with E-state index in [1.54, 1.807) is 25.1 Å². The van der Waals surface area contributed by atoms with Crippen LogP contribution in [0.1, 0.15) is 27.9 Å². The average Bonchev–Trinajstić information content (AvgIpc) is 2.92. The van der Waals surface area contributed by atoms with Gasteiger partial charge in [0, 0.05) is 54.9 Å². The molecule has 0 saturated heterocycles. The molecule has 2 aromatic rings. The third-order valence-electron chi connectivity index (χ3n) is 9.00. The van der Waals surface area contributed by atoms with Gasteiger partial charge in [0.25, 0.3) is 11.8 Å². The van der Waals surface area contributed by atoms with Gasteiger partial charge in [-0.1, -0.05) is 0 Å². The quantitative estimate of drug-likeness (QED) is 0.253. The first-order chi connectivity index (χ1) is 21.0. The maximum Gasteiger partial charge on any atom is 0.255 e. The van der Waals surface area contributed by atoms with Crippen LogP contribution in [0.5, 0.6) is 5.75 Å². The van der Waals surface area contributed by atoms with Gasteiger partial charge in [-0.05, 0) is 56.8 Å². The second kappa shape index (κ2) is 10.7. The Hall–Kier alpha value is -4.82. The topological polar surface area (TPSA) is 194 Å². The number of aromatic hydroxyl groups is 1. The summed E-state index contributed by atoms with van der Waals surface area (Å²) in [5, 5.41) is 48.3. The minimum absolute atomic E-state index is 0.129. The number of carbonyl (C=O) groups is 4. The van der Waals surface area contributed by atoms with Crippen molar-refractivity contribution in [2.24, 2.45) is 17.1 Å². The summed E-state index contributed by atoms with van der Waals surface area (Å²) in [6.45, 7) is -0.453. The Morgan fingerprint density at radius 1 is 1.04 bits per heavy atom. The highest BCUT2D eigenvalue weighted by molar-refractivity contribution is 6.24. The van der Waals surface area contributed by atoms with E-state index in [0.717, 1.165) is 12.1 Å². The summed E-state index contributed by atoms with van der Waals surface area (Å²) in [7, 11) is 6.33. The first-order valence-electron chi connectivity index (χ1n) is 13.9. The largest absolute Gasteiger partial charge is 0.508 e. The molecule has 2 amide bonds. The van der Waals surface area contributed by atoms with E-state index in [1.807, 2.05) is 0 Å². The highest BCUT2D eigenvalue weighted by Crippen LogP contribution is 2.58. The summed E-state index contributed by atoms with van der Waals surface area (Å²) in [5.41, 5.74) is -0.196. The summed E-state index contributed by atoms with van der Waals surface area (Å²) < 4.78 is 27.9. The number of primary amides is 1. The molecular formula is C31H32F2N4O8. The normalized spacial score (nSPS) is 26.0. The second-order valence-electron chi connectivity index (χ2n) is 12.1. The molecule has 1 fully saturated rings. The van der Waals surface area contributed by atoms with Gasteiger partial charge < -0.3 is 36.4 Å². The Labute approximate surface area is 256 Å². The van der Waals surface area contributed by atoms with Gasteiger partial charge in [0.15, 0.2) is 11.4 Å². The monoisotopic (exact) mass is 626 g/mol. The highest BCUT2D eigenvalue weighted by atomic mass is 19.1. The Kier molecular flexibility index (Phi) is 7.49. The van der Waals surface area contributed by atoms with Crippen LogP contribution < -0.4 is 16.0 Å². The minimum atomic E-state index is -2.91. The number of nitrogens with one attached hydrogen (secondary N) is 1. The second-order valence-corrected chi connectivity index (χ2v) is 12.1. The van der Waals surface area contributed by atoms with E-state index in [0.29, 0.717) is 17.3 Å². The molecule has 0 aromatic heterocycles. The van der Waals surface area contributed by atoms with Gasteiger partial charge in [0.05, 0.1) is 11.6 Å². The first kappa shape index (κ1) is 31.6. The molecule has 3 aliphatic carbocycles. The number of anilines is 1. The number of aliphatic hydroxyl groups excluding tert-OH is 2. The Balaban J connectivity index is 1.76. The van der Waals surface area contributed by atoms with E-state index < -0.39 is 92.9 Å². The number of Topliss-reactive ketones (excluding diaryl/α,β-unsaturated/α-hetero) is 2. The predicted octanol–water partition coefficient (Wildman–Crippen LogP) is 1.11.